The van der Waals surface area contributed by atoms with Crippen molar-refractivity contribution in [3.8, 4) is 0 Å². The lowest BCUT2D eigenvalue weighted by molar-refractivity contribution is -0.117. The first-order valence-electron chi connectivity index (χ1n) is 6.27. The SMILES string of the molecule is Cc1nc(SCC(=O)NC(=O)Nc2ccccc2)oc1C. The van der Waals surface area contributed by atoms with Gasteiger partial charge in [0, 0.05) is 5.69 Å². The highest BCUT2D eigenvalue weighted by Gasteiger charge is 2.11. The molecule has 0 saturated heterocycles. The predicted molar refractivity (Wildman–Crippen MR) is 80.3 cm³/mol. The molecule has 1 aromatic carbocycles. The van der Waals surface area contributed by atoms with Crippen LogP contribution >= 0.6 is 11.8 Å². The molecule has 0 unspecified atom stereocenters. The van der Waals surface area contributed by atoms with E-state index >= 15 is 0 Å². The molecule has 0 aliphatic heterocycles. The number of hydrogen-bond acceptors (Lipinski definition) is 5. The number of amides is 3. The Morgan fingerprint density at radius 2 is 1.95 bits per heavy atom. The van der Waals surface area contributed by atoms with Gasteiger partial charge < -0.3 is 9.73 Å². The van der Waals surface area contributed by atoms with Crippen molar-refractivity contribution >= 4 is 29.4 Å². The first-order valence-corrected chi connectivity index (χ1v) is 7.26. The first kappa shape index (κ1) is 15.1. The summed E-state index contributed by atoms with van der Waals surface area (Å²) < 4.78 is 5.34. The highest BCUT2D eigenvalue weighted by atomic mass is 32.2. The van der Waals surface area contributed by atoms with E-state index in [9.17, 15) is 9.59 Å². The van der Waals surface area contributed by atoms with Gasteiger partial charge in [0.1, 0.15) is 5.76 Å². The molecular formula is C14H15N3O3S. The Labute approximate surface area is 126 Å². The van der Waals surface area contributed by atoms with E-state index in [1.165, 1.54) is 0 Å². The van der Waals surface area contributed by atoms with Crippen LogP contribution in [0, 0.1) is 13.8 Å². The number of para-hydroxylation sites is 1. The number of oxazole rings is 1. The van der Waals surface area contributed by atoms with E-state index in [0.29, 0.717) is 10.9 Å². The second kappa shape index (κ2) is 6.94. The monoisotopic (exact) mass is 305 g/mol. The summed E-state index contributed by atoms with van der Waals surface area (Å²) in [4.78, 5) is 27.4. The van der Waals surface area contributed by atoms with Crippen LogP contribution in [-0.4, -0.2) is 22.7 Å². The van der Waals surface area contributed by atoms with Crippen molar-refractivity contribution in [2.45, 2.75) is 19.1 Å². The normalized spacial score (nSPS) is 10.2. The number of urea groups is 1. The average Bonchev–Trinajstić information content (AvgIpc) is 2.76. The highest BCUT2D eigenvalue weighted by molar-refractivity contribution is 7.99. The third-order valence-electron chi connectivity index (χ3n) is 2.62. The summed E-state index contributed by atoms with van der Waals surface area (Å²) in [5.41, 5.74) is 1.41. The molecule has 1 heterocycles. The van der Waals surface area contributed by atoms with Gasteiger partial charge in [-0.15, -0.1) is 0 Å². The van der Waals surface area contributed by atoms with E-state index in [0.717, 1.165) is 23.2 Å². The van der Waals surface area contributed by atoms with Crippen LogP contribution in [0.15, 0.2) is 40.0 Å². The molecule has 21 heavy (non-hydrogen) atoms. The number of nitrogens with zero attached hydrogens (tertiary/aromatic N) is 1. The van der Waals surface area contributed by atoms with E-state index in [2.05, 4.69) is 15.6 Å². The number of aryl methyl sites for hydroxylation is 2. The second-order valence-electron chi connectivity index (χ2n) is 4.28. The molecule has 0 aliphatic carbocycles. The van der Waals surface area contributed by atoms with Crippen molar-refractivity contribution in [2.24, 2.45) is 0 Å². The number of rotatable bonds is 4. The molecule has 2 N–H and O–H groups in total. The van der Waals surface area contributed by atoms with Crippen LogP contribution in [0.3, 0.4) is 0 Å². The molecular weight excluding hydrogens is 290 g/mol. The van der Waals surface area contributed by atoms with Gasteiger partial charge in [0.15, 0.2) is 0 Å². The predicted octanol–water partition coefficient (Wildman–Crippen LogP) is 2.73. The zero-order chi connectivity index (χ0) is 15.2. The molecule has 110 valence electrons. The molecule has 0 aliphatic rings. The van der Waals surface area contributed by atoms with Crippen molar-refractivity contribution in [2.75, 3.05) is 11.1 Å². The molecule has 0 saturated carbocycles. The molecule has 0 spiro atoms. The number of thioether (sulfide) groups is 1. The number of aromatic nitrogens is 1. The Morgan fingerprint density at radius 1 is 1.24 bits per heavy atom. The fraction of sp³-hybridized carbons (Fsp3) is 0.214. The van der Waals surface area contributed by atoms with Crippen LogP contribution in [0.2, 0.25) is 0 Å². The Balaban J connectivity index is 1.77. The molecule has 7 heteroatoms. The van der Waals surface area contributed by atoms with Gasteiger partial charge in [-0.3, -0.25) is 10.1 Å². The minimum Gasteiger partial charge on any atom is -0.437 e. The number of carbonyl (C=O) groups excluding carboxylic acids is 2. The third kappa shape index (κ3) is 4.64. The van der Waals surface area contributed by atoms with Crippen LogP contribution < -0.4 is 10.6 Å². The van der Waals surface area contributed by atoms with Crippen molar-refractivity contribution in [3.63, 3.8) is 0 Å². The lowest BCUT2D eigenvalue weighted by Gasteiger charge is -2.05. The number of imide groups is 1. The van der Waals surface area contributed by atoms with Crippen LogP contribution in [0.5, 0.6) is 0 Å². The summed E-state index contributed by atoms with van der Waals surface area (Å²) in [6.45, 7) is 3.63. The molecule has 2 rings (SSSR count). The highest BCUT2D eigenvalue weighted by Crippen LogP contribution is 2.19. The maximum Gasteiger partial charge on any atom is 0.325 e. The fourth-order valence-corrected chi connectivity index (χ4v) is 2.19. The van der Waals surface area contributed by atoms with Gasteiger partial charge in [0.2, 0.25) is 5.91 Å². The average molecular weight is 305 g/mol. The zero-order valence-corrected chi connectivity index (χ0v) is 12.5. The van der Waals surface area contributed by atoms with Gasteiger partial charge in [-0.2, -0.15) is 0 Å². The van der Waals surface area contributed by atoms with Crippen molar-refractivity contribution in [1.82, 2.24) is 10.3 Å². The number of benzene rings is 1. The molecule has 3 amide bonds. The van der Waals surface area contributed by atoms with Gasteiger partial charge in [0.25, 0.3) is 5.22 Å². The lowest BCUT2D eigenvalue weighted by atomic mass is 10.3. The van der Waals surface area contributed by atoms with E-state index in [4.69, 9.17) is 4.42 Å². The van der Waals surface area contributed by atoms with Crippen molar-refractivity contribution in [1.29, 1.82) is 0 Å². The zero-order valence-electron chi connectivity index (χ0n) is 11.7. The number of anilines is 1. The topological polar surface area (TPSA) is 84.2 Å². The largest absolute Gasteiger partial charge is 0.437 e. The van der Waals surface area contributed by atoms with E-state index in [1.54, 1.807) is 31.2 Å². The summed E-state index contributed by atoms with van der Waals surface area (Å²) in [6, 6.07) is 8.33. The molecule has 6 nitrogen and oxygen atoms in total. The van der Waals surface area contributed by atoms with Crippen LogP contribution in [0.4, 0.5) is 10.5 Å². The van der Waals surface area contributed by atoms with E-state index in [-0.39, 0.29) is 5.75 Å². The summed E-state index contributed by atoms with van der Waals surface area (Å²) in [5, 5.41) is 5.23. The maximum atomic E-state index is 11.6. The van der Waals surface area contributed by atoms with E-state index in [1.807, 2.05) is 13.0 Å². The second-order valence-corrected chi connectivity index (χ2v) is 5.20. The third-order valence-corrected chi connectivity index (χ3v) is 3.45. The van der Waals surface area contributed by atoms with Gasteiger partial charge in [-0.25, -0.2) is 9.78 Å². The number of nitrogens with one attached hydrogen (secondary N) is 2. The summed E-state index contributed by atoms with van der Waals surface area (Å²) in [5.74, 6) is 0.364. The summed E-state index contributed by atoms with van der Waals surface area (Å²) >= 11 is 1.14. The molecule has 2 aromatic rings. The van der Waals surface area contributed by atoms with Crippen molar-refractivity contribution < 1.29 is 14.0 Å². The Bertz CT molecular complexity index is 621. The maximum absolute atomic E-state index is 11.6. The minimum atomic E-state index is -0.563. The summed E-state index contributed by atoms with van der Waals surface area (Å²) in [6.07, 6.45) is 0. The number of hydrogen-bond donors (Lipinski definition) is 2. The van der Waals surface area contributed by atoms with Gasteiger partial charge in [0.05, 0.1) is 11.4 Å². The van der Waals surface area contributed by atoms with Gasteiger partial charge >= 0.3 is 6.03 Å². The van der Waals surface area contributed by atoms with Gasteiger partial charge in [-0.1, -0.05) is 30.0 Å². The van der Waals surface area contributed by atoms with Crippen molar-refractivity contribution in [3.05, 3.63) is 41.8 Å². The lowest BCUT2D eigenvalue weighted by Crippen LogP contribution is -2.35. The Kier molecular flexibility index (Phi) is 4.99. The first-order chi connectivity index (χ1) is 10.0. The minimum absolute atomic E-state index is 0.0571. The fourth-order valence-electron chi connectivity index (χ4n) is 1.48. The van der Waals surface area contributed by atoms with Gasteiger partial charge in [-0.05, 0) is 26.0 Å². The van der Waals surface area contributed by atoms with Crippen LogP contribution in [0.1, 0.15) is 11.5 Å². The molecule has 0 fully saturated rings. The quantitative estimate of drug-likeness (QED) is 0.848. The Morgan fingerprint density at radius 3 is 2.57 bits per heavy atom. The van der Waals surface area contributed by atoms with Crippen LogP contribution in [0.25, 0.3) is 0 Å². The molecule has 0 radical (unpaired) electrons. The van der Waals surface area contributed by atoms with E-state index < -0.39 is 11.9 Å². The molecule has 0 atom stereocenters. The Hall–Kier alpha value is -2.28. The standard InChI is InChI=1S/C14H15N3O3S/c1-9-10(2)20-14(15-9)21-8-12(18)17-13(19)16-11-6-4-3-5-7-11/h3-7H,8H2,1-2H3,(H2,16,17,18,19). The molecule has 1 aromatic heterocycles. The van der Waals surface area contributed by atoms with Crippen LogP contribution in [-0.2, 0) is 4.79 Å². The number of carbonyl (C=O) groups is 2. The summed E-state index contributed by atoms with van der Waals surface area (Å²) in [7, 11) is 0. The smallest absolute Gasteiger partial charge is 0.325 e. The molecule has 0 bridgehead atoms.